The molecular formula is C23H37F2N5O3. The van der Waals surface area contributed by atoms with E-state index < -0.39 is 24.6 Å². The van der Waals surface area contributed by atoms with Crippen LogP contribution >= 0.6 is 0 Å². The van der Waals surface area contributed by atoms with Gasteiger partial charge in [-0.05, 0) is 44.4 Å². The number of nitrogens with zero attached hydrogens (tertiary/aromatic N) is 2. The number of hydrazine groups is 1. The van der Waals surface area contributed by atoms with Crippen LogP contribution in [0.1, 0.15) is 51.4 Å². The molecule has 10 heteroatoms. The first kappa shape index (κ1) is 23.4. The Bertz CT molecular complexity index is 738. The molecule has 0 aromatic rings. The number of halogens is 2. The molecule has 6 unspecified atom stereocenters. The van der Waals surface area contributed by atoms with E-state index in [2.05, 4.69) is 16.2 Å². The van der Waals surface area contributed by atoms with Crippen molar-refractivity contribution in [1.29, 1.82) is 0 Å². The number of methoxy groups -OCH3 is 1. The largest absolute Gasteiger partial charge is 0.382 e. The Hall–Kier alpha value is -1.36. The fourth-order valence-electron chi connectivity index (χ4n) is 6.71. The van der Waals surface area contributed by atoms with E-state index in [9.17, 15) is 18.4 Å². The highest BCUT2D eigenvalue weighted by Gasteiger charge is 2.55. The molecule has 8 nitrogen and oxygen atoms in total. The highest BCUT2D eigenvalue weighted by atomic mass is 19.3. The lowest BCUT2D eigenvalue weighted by atomic mass is 9.84. The molecular weight excluding hydrogens is 432 g/mol. The highest BCUT2D eigenvalue weighted by molar-refractivity contribution is 5.85. The first-order valence-electron chi connectivity index (χ1n) is 12.6. The average Bonchev–Trinajstić information content (AvgIpc) is 3.27. The van der Waals surface area contributed by atoms with Crippen molar-refractivity contribution in [2.45, 2.75) is 87.5 Å². The van der Waals surface area contributed by atoms with E-state index in [0.717, 1.165) is 19.3 Å². The number of carbonyl (C=O) groups is 2. The van der Waals surface area contributed by atoms with Crippen molar-refractivity contribution in [2.75, 3.05) is 33.4 Å². The molecule has 0 aromatic heterocycles. The lowest BCUT2D eigenvalue weighted by molar-refractivity contribution is -0.143. The maximum atomic E-state index is 13.5. The molecule has 6 atom stereocenters. The van der Waals surface area contributed by atoms with E-state index in [1.54, 1.807) is 0 Å². The smallest absolute Gasteiger partial charge is 0.255 e. The van der Waals surface area contributed by atoms with Gasteiger partial charge in [0.25, 0.3) is 6.43 Å². The lowest BCUT2D eigenvalue weighted by Crippen LogP contribution is -2.58. The maximum absolute atomic E-state index is 13.5. The topological polar surface area (TPSA) is 85.9 Å². The summed E-state index contributed by atoms with van der Waals surface area (Å²) in [5.74, 6) is 0.262. The van der Waals surface area contributed by atoms with E-state index in [1.807, 2.05) is 4.90 Å². The third-order valence-electron chi connectivity index (χ3n) is 8.65. The maximum Gasteiger partial charge on any atom is 0.255 e. The first-order chi connectivity index (χ1) is 15.9. The van der Waals surface area contributed by atoms with Gasteiger partial charge in [-0.2, -0.15) is 0 Å². The van der Waals surface area contributed by atoms with Crippen molar-refractivity contribution in [3.8, 4) is 0 Å². The Balaban J connectivity index is 1.26. The second-order valence-corrected chi connectivity index (χ2v) is 10.7. The summed E-state index contributed by atoms with van der Waals surface area (Å²) in [6.07, 6.45) is 5.20. The minimum Gasteiger partial charge on any atom is -0.382 e. The van der Waals surface area contributed by atoms with Crippen LogP contribution in [0.3, 0.4) is 0 Å². The van der Waals surface area contributed by atoms with Crippen molar-refractivity contribution in [2.24, 2.45) is 11.8 Å². The SMILES string of the molecule is COCC1(N(CC(F)F)C(=O)C2NNC3CCN(C(=O)C4CC5CCCCC5N4)CC32)CC1. The molecule has 2 amide bonds. The summed E-state index contributed by atoms with van der Waals surface area (Å²) in [7, 11) is 1.54. The molecule has 3 N–H and O–H groups in total. The van der Waals surface area contributed by atoms with Crippen LogP contribution in [0, 0.1) is 11.8 Å². The van der Waals surface area contributed by atoms with Crippen LogP contribution < -0.4 is 16.2 Å². The lowest BCUT2D eigenvalue weighted by Gasteiger charge is -2.39. The van der Waals surface area contributed by atoms with Crippen LogP contribution in [0.5, 0.6) is 0 Å². The van der Waals surface area contributed by atoms with Gasteiger partial charge in [0.2, 0.25) is 11.8 Å². The molecule has 2 saturated carbocycles. The number of nitrogens with one attached hydrogen (secondary N) is 3. The Labute approximate surface area is 194 Å². The molecule has 0 bridgehead atoms. The van der Waals surface area contributed by atoms with Gasteiger partial charge < -0.3 is 19.9 Å². The second-order valence-electron chi connectivity index (χ2n) is 10.7. The fourth-order valence-corrected chi connectivity index (χ4v) is 6.71. The van der Waals surface area contributed by atoms with Crippen molar-refractivity contribution < 1.29 is 23.1 Å². The minimum absolute atomic E-state index is 0.0492. The number of likely N-dealkylation sites (tertiary alicyclic amines) is 1. The number of rotatable bonds is 7. The second kappa shape index (κ2) is 9.36. The summed E-state index contributed by atoms with van der Waals surface area (Å²) in [5.41, 5.74) is 5.66. The molecule has 0 radical (unpaired) electrons. The molecule has 5 rings (SSSR count). The Morgan fingerprint density at radius 2 is 1.94 bits per heavy atom. The summed E-state index contributed by atoms with van der Waals surface area (Å²) in [4.78, 5) is 30.1. The molecule has 3 heterocycles. The predicted molar refractivity (Wildman–Crippen MR) is 117 cm³/mol. The highest BCUT2D eigenvalue weighted by Crippen LogP contribution is 2.43. The van der Waals surface area contributed by atoms with Gasteiger partial charge in [-0.25, -0.2) is 14.2 Å². The van der Waals surface area contributed by atoms with Crippen LogP contribution in [0.15, 0.2) is 0 Å². The quantitative estimate of drug-likeness (QED) is 0.513. The van der Waals surface area contributed by atoms with E-state index in [1.165, 1.54) is 31.3 Å². The molecule has 3 saturated heterocycles. The van der Waals surface area contributed by atoms with Crippen molar-refractivity contribution in [3.63, 3.8) is 0 Å². The molecule has 0 aromatic carbocycles. The zero-order valence-corrected chi connectivity index (χ0v) is 19.4. The van der Waals surface area contributed by atoms with Crippen molar-refractivity contribution in [1.82, 2.24) is 26.0 Å². The van der Waals surface area contributed by atoms with Gasteiger partial charge >= 0.3 is 0 Å². The minimum atomic E-state index is -2.60. The number of ether oxygens (including phenoxy) is 1. The fraction of sp³-hybridized carbons (Fsp3) is 0.913. The zero-order valence-electron chi connectivity index (χ0n) is 19.4. The summed E-state index contributed by atoms with van der Waals surface area (Å²) in [6.45, 7) is 0.792. The van der Waals surface area contributed by atoms with E-state index in [0.29, 0.717) is 37.9 Å². The summed E-state index contributed by atoms with van der Waals surface area (Å²) in [6, 6.07) is -0.267. The molecule has 2 aliphatic carbocycles. The number of hydrogen-bond donors (Lipinski definition) is 3. The predicted octanol–water partition coefficient (Wildman–Crippen LogP) is 0.873. The normalized spacial score (nSPS) is 37.0. The number of amides is 2. The van der Waals surface area contributed by atoms with Crippen LogP contribution in [0.2, 0.25) is 0 Å². The van der Waals surface area contributed by atoms with E-state index in [-0.39, 0.29) is 36.4 Å². The van der Waals surface area contributed by atoms with Crippen LogP contribution in [-0.4, -0.2) is 91.1 Å². The number of fused-ring (bicyclic) bond motifs is 2. The molecule has 5 aliphatic rings. The van der Waals surface area contributed by atoms with Gasteiger partial charge in [-0.1, -0.05) is 12.8 Å². The summed E-state index contributed by atoms with van der Waals surface area (Å²) < 4.78 is 32.1. The zero-order chi connectivity index (χ0) is 23.2. The molecule has 33 heavy (non-hydrogen) atoms. The first-order valence-corrected chi connectivity index (χ1v) is 12.6. The Morgan fingerprint density at radius 3 is 2.64 bits per heavy atom. The van der Waals surface area contributed by atoms with Gasteiger partial charge in [0, 0.05) is 38.2 Å². The van der Waals surface area contributed by atoms with Gasteiger partial charge in [0.1, 0.15) is 6.04 Å². The number of hydrogen-bond acceptors (Lipinski definition) is 6. The molecule has 5 fully saturated rings. The number of piperidine rings is 1. The Morgan fingerprint density at radius 1 is 1.15 bits per heavy atom. The Kier molecular flexibility index (Phi) is 6.63. The van der Waals surface area contributed by atoms with Gasteiger partial charge in [0.15, 0.2) is 0 Å². The van der Waals surface area contributed by atoms with Gasteiger partial charge in [-0.15, -0.1) is 0 Å². The standard InChI is InChI=1S/C23H37F2N5O3/c1-33-13-23(7-8-23)30(12-19(24)25)22(32)20-15-11-29(9-6-17(15)27-28-20)21(31)18-10-14-4-2-3-5-16(14)26-18/h14-20,26-28H,2-13H2,1H3. The average molecular weight is 470 g/mol. The number of alkyl halides is 2. The third-order valence-corrected chi connectivity index (χ3v) is 8.65. The van der Waals surface area contributed by atoms with E-state index in [4.69, 9.17) is 4.74 Å². The summed E-state index contributed by atoms with van der Waals surface area (Å²) >= 11 is 0. The van der Waals surface area contributed by atoms with E-state index >= 15 is 0 Å². The van der Waals surface area contributed by atoms with Crippen molar-refractivity contribution >= 4 is 11.8 Å². The monoisotopic (exact) mass is 469 g/mol. The van der Waals surface area contributed by atoms with Gasteiger partial charge in [0.05, 0.1) is 24.7 Å². The molecule has 3 aliphatic heterocycles. The number of carbonyl (C=O) groups excluding carboxylic acids is 2. The van der Waals surface area contributed by atoms with Crippen LogP contribution in [-0.2, 0) is 14.3 Å². The summed E-state index contributed by atoms with van der Waals surface area (Å²) in [5, 5.41) is 3.57. The van der Waals surface area contributed by atoms with Crippen LogP contribution in [0.4, 0.5) is 8.78 Å². The van der Waals surface area contributed by atoms with Crippen molar-refractivity contribution in [3.05, 3.63) is 0 Å². The molecule has 186 valence electrons. The van der Waals surface area contributed by atoms with Crippen LogP contribution in [0.25, 0.3) is 0 Å². The third kappa shape index (κ3) is 4.51. The molecule has 0 spiro atoms. The van der Waals surface area contributed by atoms with Gasteiger partial charge in [-0.3, -0.25) is 15.0 Å².